The van der Waals surface area contributed by atoms with Gasteiger partial charge in [0.1, 0.15) is 0 Å². The van der Waals surface area contributed by atoms with Crippen molar-refractivity contribution >= 4 is 70.0 Å². The smallest absolute Gasteiger partial charge is 0.0563 e. The summed E-state index contributed by atoms with van der Waals surface area (Å²) in [5, 5.41) is 7.82. The van der Waals surface area contributed by atoms with Crippen LogP contribution in [0.3, 0.4) is 0 Å². The van der Waals surface area contributed by atoms with Gasteiger partial charge in [-0.15, -0.1) is 11.3 Å². The van der Waals surface area contributed by atoms with Crippen LogP contribution < -0.4 is 4.90 Å². The maximum Gasteiger partial charge on any atom is 0.0563 e. The fraction of sp³-hybridized carbons (Fsp3) is 0.0943. The molecule has 0 radical (unpaired) electrons. The number of allylic oxidation sites excluding steroid dienone is 2. The van der Waals surface area contributed by atoms with E-state index >= 15 is 0 Å². The highest BCUT2D eigenvalue weighted by Crippen LogP contribution is 2.52. The van der Waals surface area contributed by atoms with Crippen molar-refractivity contribution in [2.24, 2.45) is 0 Å². The summed E-state index contributed by atoms with van der Waals surface area (Å²) < 4.78 is 2.71. The Bertz CT molecular complexity index is 3050. The Balaban J connectivity index is 1.05. The molecule has 1 aromatic heterocycles. The number of thiophene rings is 1. The SMILES string of the molecule is CC1(C)C2=CC(N(c3ccc(-c4cccc5c4ccc4c6ccccc6sc54)cc3)c3ccccc3-c3ccc4ccccc4c3)CC=C2c2ccccc21. The third-order valence-electron chi connectivity index (χ3n) is 12.2. The van der Waals surface area contributed by atoms with Crippen molar-refractivity contribution in [2.75, 3.05) is 4.90 Å². The van der Waals surface area contributed by atoms with Gasteiger partial charge in [0.25, 0.3) is 0 Å². The van der Waals surface area contributed by atoms with E-state index in [1.165, 1.54) is 97.6 Å². The predicted molar refractivity (Wildman–Crippen MR) is 238 cm³/mol. The number of benzene rings is 8. The van der Waals surface area contributed by atoms with Crippen LogP contribution in [0, 0.1) is 0 Å². The largest absolute Gasteiger partial charge is 0.334 e. The summed E-state index contributed by atoms with van der Waals surface area (Å²) in [4.78, 5) is 2.59. The first-order valence-electron chi connectivity index (χ1n) is 19.4. The highest BCUT2D eigenvalue weighted by atomic mass is 32.1. The lowest BCUT2D eigenvalue weighted by molar-refractivity contribution is 0.644. The summed E-state index contributed by atoms with van der Waals surface area (Å²) in [5.41, 5.74) is 12.9. The molecule has 8 aromatic carbocycles. The molecule has 1 nitrogen and oxygen atoms in total. The fourth-order valence-corrected chi connectivity index (χ4v) is 10.7. The Labute approximate surface area is 326 Å². The predicted octanol–water partition coefficient (Wildman–Crippen LogP) is 14.9. The van der Waals surface area contributed by atoms with Crippen LogP contribution in [0.2, 0.25) is 0 Å². The van der Waals surface area contributed by atoms with Crippen LogP contribution in [0.15, 0.2) is 188 Å². The first kappa shape index (κ1) is 32.2. The van der Waals surface area contributed by atoms with Gasteiger partial charge in [0.05, 0.1) is 6.04 Å². The number of para-hydroxylation sites is 1. The molecule has 0 saturated carbocycles. The van der Waals surface area contributed by atoms with Gasteiger partial charge >= 0.3 is 0 Å². The van der Waals surface area contributed by atoms with Crippen molar-refractivity contribution in [2.45, 2.75) is 31.7 Å². The molecule has 0 amide bonds. The van der Waals surface area contributed by atoms with E-state index in [2.05, 4.69) is 201 Å². The van der Waals surface area contributed by atoms with Crippen LogP contribution in [0.1, 0.15) is 31.4 Å². The number of rotatable bonds is 5. The molecule has 0 saturated heterocycles. The zero-order valence-corrected chi connectivity index (χ0v) is 31.8. The molecule has 0 bridgehead atoms. The average Bonchev–Trinajstić information content (AvgIpc) is 3.73. The topological polar surface area (TPSA) is 3.24 Å². The van der Waals surface area contributed by atoms with Crippen molar-refractivity contribution in [1.82, 2.24) is 0 Å². The van der Waals surface area contributed by atoms with Gasteiger partial charge in [-0.3, -0.25) is 0 Å². The molecule has 0 fully saturated rings. The molecule has 2 heteroatoms. The second-order valence-electron chi connectivity index (χ2n) is 15.6. The van der Waals surface area contributed by atoms with E-state index in [0.29, 0.717) is 0 Å². The van der Waals surface area contributed by atoms with Gasteiger partial charge in [0, 0.05) is 47.9 Å². The van der Waals surface area contributed by atoms with Crippen molar-refractivity contribution in [1.29, 1.82) is 0 Å². The molecule has 0 spiro atoms. The molecule has 0 aliphatic heterocycles. The number of nitrogens with zero attached hydrogens (tertiary/aromatic N) is 1. The first-order chi connectivity index (χ1) is 27.0. The average molecular weight is 722 g/mol. The highest BCUT2D eigenvalue weighted by molar-refractivity contribution is 7.26. The van der Waals surface area contributed by atoms with E-state index in [9.17, 15) is 0 Å². The minimum Gasteiger partial charge on any atom is -0.334 e. The number of anilines is 2. The zero-order chi connectivity index (χ0) is 36.7. The van der Waals surface area contributed by atoms with Gasteiger partial charge in [0.15, 0.2) is 0 Å². The van der Waals surface area contributed by atoms with E-state index in [-0.39, 0.29) is 11.5 Å². The summed E-state index contributed by atoms with van der Waals surface area (Å²) in [6.45, 7) is 4.78. The van der Waals surface area contributed by atoms with Crippen LogP contribution in [0.25, 0.3) is 69.5 Å². The van der Waals surface area contributed by atoms with Crippen molar-refractivity contribution in [3.63, 3.8) is 0 Å². The van der Waals surface area contributed by atoms with Crippen LogP contribution in [-0.4, -0.2) is 6.04 Å². The molecular weight excluding hydrogens is 683 g/mol. The second kappa shape index (κ2) is 12.4. The first-order valence-corrected chi connectivity index (χ1v) is 20.2. The summed E-state index contributed by atoms with van der Waals surface area (Å²) in [6, 6.07) is 63.2. The maximum atomic E-state index is 2.59. The molecular formula is C53H39NS. The van der Waals surface area contributed by atoms with E-state index in [1.54, 1.807) is 0 Å². The van der Waals surface area contributed by atoms with Crippen LogP contribution in [0.5, 0.6) is 0 Å². The standard InChI is InChI=1S/C53H39NS/c1-53(2)48-19-8-5-15-43(48)44-29-28-39(33-49(44)53)54(50-20-9-6-14-41(50)37-23-22-34-12-3-4-13-36(34)32-37)38-26-24-35(25-27-38)40-17-11-18-46-42(40)30-31-47-45-16-7-10-21-51(45)55-52(46)47/h3-27,29-33,39H,28H2,1-2H3. The van der Waals surface area contributed by atoms with Crippen molar-refractivity contribution in [3.05, 3.63) is 199 Å². The van der Waals surface area contributed by atoms with Gasteiger partial charge in [-0.05, 0) is 91.9 Å². The number of fused-ring (bicyclic) bond motifs is 9. The van der Waals surface area contributed by atoms with Crippen LogP contribution in [0.4, 0.5) is 11.4 Å². The Hall–Kier alpha value is -6.22. The monoisotopic (exact) mass is 721 g/mol. The molecule has 55 heavy (non-hydrogen) atoms. The quantitative estimate of drug-likeness (QED) is 0.171. The van der Waals surface area contributed by atoms with Gasteiger partial charge in [-0.25, -0.2) is 0 Å². The van der Waals surface area contributed by atoms with Crippen LogP contribution >= 0.6 is 11.3 Å². The van der Waals surface area contributed by atoms with E-state index < -0.39 is 0 Å². The molecule has 2 aliphatic rings. The summed E-state index contributed by atoms with van der Waals surface area (Å²) in [5.74, 6) is 0. The Morgan fingerprint density at radius 2 is 1.22 bits per heavy atom. The number of hydrogen-bond acceptors (Lipinski definition) is 2. The summed E-state index contributed by atoms with van der Waals surface area (Å²) in [7, 11) is 0. The molecule has 11 rings (SSSR count). The minimum atomic E-state index is -0.0668. The third kappa shape index (κ3) is 5.05. The summed E-state index contributed by atoms with van der Waals surface area (Å²) in [6.07, 6.45) is 5.99. The minimum absolute atomic E-state index is 0.0668. The van der Waals surface area contributed by atoms with Crippen LogP contribution in [-0.2, 0) is 5.41 Å². The lowest BCUT2D eigenvalue weighted by Gasteiger charge is -2.37. The van der Waals surface area contributed by atoms with E-state index in [1.807, 2.05) is 11.3 Å². The molecule has 2 aliphatic carbocycles. The highest BCUT2D eigenvalue weighted by Gasteiger charge is 2.40. The van der Waals surface area contributed by atoms with E-state index in [0.717, 1.165) is 6.42 Å². The molecule has 1 atom stereocenters. The third-order valence-corrected chi connectivity index (χ3v) is 13.4. The second-order valence-corrected chi connectivity index (χ2v) is 16.7. The van der Waals surface area contributed by atoms with Crippen molar-refractivity contribution in [3.8, 4) is 22.3 Å². The molecule has 1 unspecified atom stereocenters. The van der Waals surface area contributed by atoms with Gasteiger partial charge in [0.2, 0.25) is 0 Å². The Morgan fingerprint density at radius 1 is 0.545 bits per heavy atom. The lowest BCUT2D eigenvalue weighted by atomic mass is 9.79. The fourth-order valence-electron chi connectivity index (χ4n) is 9.47. The molecule has 9 aromatic rings. The van der Waals surface area contributed by atoms with E-state index in [4.69, 9.17) is 0 Å². The van der Waals surface area contributed by atoms with Gasteiger partial charge < -0.3 is 4.90 Å². The maximum absolute atomic E-state index is 2.59. The molecule has 0 N–H and O–H groups in total. The lowest BCUT2D eigenvalue weighted by Crippen LogP contribution is -2.32. The Morgan fingerprint density at radius 3 is 2.11 bits per heavy atom. The normalized spacial score (nSPS) is 15.9. The van der Waals surface area contributed by atoms with Gasteiger partial charge in [-0.2, -0.15) is 0 Å². The molecule has 1 heterocycles. The van der Waals surface area contributed by atoms with Crippen molar-refractivity contribution < 1.29 is 0 Å². The van der Waals surface area contributed by atoms with Gasteiger partial charge in [-0.1, -0.05) is 166 Å². The zero-order valence-electron chi connectivity index (χ0n) is 31.0. The summed E-state index contributed by atoms with van der Waals surface area (Å²) >= 11 is 1.90. The number of hydrogen-bond donors (Lipinski definition) is 0. The Kier molecular flexibility index (Phi) is 7.27. The molecule has 262 valence electrons.